The number of anilines is 1. The van der Waals surface area contributed by atoms with Crippen molar-refractivity contribution in [3.05, 3.63) is 69.8 Å². The Kier molecular flexibility index (Phi) is 7.40. The summed E-state index contributed by atoms with van der Waals surface area (Å²) in [6.07, 6.45) is 1.46. The van der Waals surface area contributed by atoms with E-state index in [1.54, 1.807) is 30.3 Å². The Bertz CT molecular complexity index is 883. The average molecular weight is 407 g/mol. The summed E-state index contributed by atoms with van der Waals surface area (Å²) in [6, 6.07) is 13.5. The van der Waals surface area contributed by atoms with E-state index in [-0.39, 0.29) is 10.7 Å². The van der Waals surface area contributed by atoms with Gasteiger partial charge in [-0.2, -0.15) is 0 Å². The number of amides is 2. The number of halogens is 2. The number of nitrogens with one attached hydrogen (secondary N) is 2. The zero-order valence-corrected chi connectivity index (χ0v) is 15.8. The smallest absolute Gasteiger partial charge is 0.355 e. The third-order valence-electron chi connectivity index (χ3n) is 3.18. The lowest BCUT2D eigenvalue weighted by atomic mass is 10.2. The molecule has 2 amide bonds. The summed E-state index contributed by atoms with van der Waals surface area (Å²) < 4.78 is 4.97. The van der Waals surface area contributed by atoms with Crippen LogP contribution in [0.4, 0.5) is 5.69 Å². The fourth-order valence-corrected chi connectivity index (χ4v) is 2.49. The van der Waals surface area contributed by atoms with E-state index in [0.29, 0.717) is 16.3 Å². The molecule has 140 valence electrons. The highest BCUT2D eigenvalue weighted by atomic mass is 35.5. The van der Waals surface area contributed by atoms with E-state index in [9.17, 15) is 14.4 Å². The third kappa shape index (κ3) is 6.77. The van der Waals surface area contributed by atoms with Crippen molar-refractivity contribution in [1.29, 1.82) is 0 Å². The topological polar surface area (TPSA) is 84.5 Å². The molecule has 0 aromatic heterocycles. The molecule has 0 aliphatic carbocycles. The summed E-state index contributed by atoms with van der Waals surface area (Å²) in [4.78, 5) is 35.5. The number of carbonyl (C=O) groups is 3. The predicted molar refractivity (Wildman–Crippen MR) is 104 cm³/mol. The molecule has 0 fully saturated rings. The van der Waals surface area contributed by atoms with E-state index in [0.717, 1.165) is 0 Å². The molecule has 0 aliphatic rings. The van der Waals surface area contributed by atoms with Gasteiger partial charge in [0.15, 0.2) is 6.61 Å². The number of benzene rings is 2. The van der Waals surface area contributed by atoms with Gasteiger partial charge in [-0.3, -0.25) is 9.59 Å². The monoisotopic (exact) mass is 406 g/mol. The Balaban J connectivity index is 2.01. The van der Waals surface area contributed by atoms with Gasteiger partial charge >= 0.3 is 5.97 Å². The molecule has 0 saturated carbocycles. The van der Waals surface area contributed by atoms with Crippen LogP contribution in [0.25, 0.3) is 6.08 Å². The SMILES string of the molecule is CC(=O)N/C(=C\c1ccccc1)C(=O)OCC(=O)Nc1ccc(Cl)cc1Cl. The zero-order chi connectivity index (χ0) is 19.8. The fourth-order valence-electron chi connectivity index (χ4n) is 2.04. The molecule has 0 unspecified atom stereocenters. The van der Waals surface area contributed by atoms with Crippen molar-refractivity contribution in [2.75, 3.05) is 11.9 Å². The highest BCUT2D eigenvalue weighted by Crippen LogP contribution is 2.25. The van der Waals surface area contributed by atoms with Crippen molar-refractivity contribution in [1.82, 2.24) is 5.32 Å². The second-order valence-corrected chi connectivity index (χ2v) is 6.24. The van der Waals surface area contributed by atoms with Gasteiger partial charge in [-0.1, -0.05) is 53.5 Å². The first-order valence-corrected chi connectivity index (χ1v) is 8.57. The number of carbonyl (C=O) groups excluding carboxylic acids is 3. The van der Waals surface area contributed by atoms with Crippen LogP contribution in [0.15, 0.2) is 54.2 Å². The van der Waals surface area contributed by atoms with Gasteiger partial charge in [0, 0.05) is 11.9 Å². The first-order valence-electron chi connectivity index (χ1n) is 7.81. The molecule has 27 heavy (non-hydrogen) atoms. The van der Waals surface area contributed by atoms with Crippen molar-refractivity contribution >= 4 is 52.7 Å². The molecule has 2 rings (SSSR count). The number of hydrogen-bond acceptors (Lipinski definition) is 4. The van der Waals surface area contributed by atoms with Crippen LogP contribution in [0.5, 0.6) is 0 Å². The molecule has 0 heterocycles. The maximum Gasteiger partial charge on any atom is 0.355 e. The number of esters is 1. The Morgan fingerprint density at radius 1 is 1.07 bits per heavy atom. The summed E-state index contributed by atoms with van der Waals surface area (Å²) in [5.41, 5.74) is 0.950. The van der Waals surface area contributed by atoms with Crippen molar-refractivity contribution in [3.8, 4) is 0 Å². The molecule has 0 saturated heterocycles. The largest absolute Gasteiger partial charge is 0.451 e. The summed E-state index contributed by atoms with van der Waals surface area (Å²) in [6.45, 7) is 0.713. The Morgan fingerprint density at radius 2 is 1.78 bits per heavy atom. The van der Waals surface area contributed by atoms with Crippen LogP contribution in [-0.4, -0.2) is 24.4 Å². The second-order valence-electron chi connectivity index (χ2n) is 5.40. The Hall–Kier alpha value is -2.83. The molecule has 8 heteroatoms. The van der Waals surface area contributed by atoms with Crippen LogP contribution in [0, 0.1) is 0 Å². The molecule has 6 nitrogen and oxygen atoms in total. The van der Waals surface area contributed by atoms with Gasteiger partial charge in [0.1, 0.15) is 5.70 Å². The normalized spacial score (nSPS) is 10.9. The quantitative estimate of drug-likeness (QED) is 0.566. The lowest BCUT2D eigenvalue weighted by Gasteiger charge is -2.10. The van der Waals surface area contributed by atoms with E-state index in [2.05, 4.69) is 10.6 Å². The maximum absolute atomic E-state index is 12.2. The van der Waals surface area contributed by atoms with Crippen molar-refractivity contribution in [2.45, 2.75) is 6.92 Å². The summed E-state index contributed by atoms with van der Waals surface area (Å²) in [5, 5.41) is 5.59. The standard InChI is InChI=1S/C19H16Cl2N2O4/c1-12(24)22-17(9-13-5-3-2-4-6-13)19(26)27-11-18(25)23-16-8-7-14(20)10-15(16)21/h2-10H,11H2,1H3,(H,22,24)(H,23,25)/b17-9-. The number of rotatable bonds is 6. The van der Waals surface area contributed by atoms with Crippen LogP contribution < -0.4 is 10.6 Å². The van der Waals surface area contributed by atoms with Crippen LogP contribution in [0.1, 0.15) is 12.5 Å². The van der Waals surface area contributed by atoms with Gasteiger partial charge < -0.3 is 15.4 Å². The van der Waals surface area contributed by atoms with Crippen LogP contribution >= 0.6 is 23.2 Å². The van der Waals surface area contributed by atoms with Gasteiger partial charge in [-0.15, -0.1) is 0 Å². The molecule has 2 aromatic carbocycles. The lowest BCUT2D eigenvalue weighted by Crippen LogP contribution is -2.28. The molecular weight excluding hydrogens is 391 g/mol. The molecule has 2 aromatic rings. The van der Waals surface area contributed by atoms with Gasteiger partial charge in [0.25, 0.3) is 5.91 Å². The predicted octanol–water partition coefficient (Wildman–Crippen LogP) is 3.65. The van der Waals surface area contributed by atoms with Gasteiger partial charge in [0.05, 0.1) is 10.7 Å². The van der Waals surface area contributed by atoms with Crippen LogP contribution in [0.2, 0.25) is 10.0 Å². The van der Waals surface area contributed by atoms with Crippen molar-refractivity contribution in [3.63, 3.8) is 0 Å². The van der Waals surface area contributed by atoms with E-state index in [1.807, 2.05) is 6.07 Å². The average Bonchev–Trinajstić information content (AvgIpc) is 2.62. The van der Waals surface area contributed by atoms with E-state index < -0.39 is 24.4 Å². The highest BCUT2D eigenvalue weighted by molar-refractivity contribution is 6.36. The Labute approximate surface area is 166 Å². The molecule has 0 spiro atoms. The molecule has 0 radical (unpaired) electrons. The maximum atomic E-state index is 12.2. The van der Waals surface area contributed by atoms with E-state index >= 15 is 0 Å². The zero-order valence-electron chi connectivity index (χ0n) is 14.3. The van der Waals surface area contributed by atoms with Gasteiger partial charge in [0.2, 0.25) is 5.91 Å². The third-order valence-corrected chi connectivity index (χ3v) is 3.73. The minimum Gasteiger partial charge on any atom is -0.451 e. The molecule has 0 bridgehead atoms. The first kappa shape index (κ1) is 20.5. The summed E-state index contributed by atoms with van der Waals surface area (Å²) >= 11 is 11.8. The highest BCUT2D eigenvalue weighted by Gasteiger charge is 2.15. The van der Waals surface area contributed by atoms with Gasteiger partial charge in [-0.25, -0.2) is 4.79 Å². The molecule has 2 N–H and O–H groups in total. The van der Waals surface area contributed by atoms with Crippen molar-refractivity contribution < 1.29 is 19.1 Å². The fraction of sp³-hybridized carbons (Fsp3) is 0.105. The first-order chi connectivity index (χ1) is 12.8. The van der Waals surface area contributed by atoms with E-state index in [1.165, 1.54) is 25.1 Å². The van der Waals surface area contributed by atoms with Crippen molar-refractivity contribution in [2.24, 2.45) is 0 Å². The van der Waals surface area contributed by atoms with Crippen LogP contribution in [-0.2, 0) is 19.1 Å². The lowest BCUT2D eigenvalue weighted by molar-refractivity contribution is -0.144. The van der Waals surface area contributed by atoms with E-state index in [4.69, 9.17) is 27.9 Å². The Morgan fingerprint density at radius 3 is 2.41 bits per heavy atom. The summed E-state index contributed by atoms with van der Waals surface area (Å²) in [5.74, 6) is -1.87. The molecule has 0 atom stereocenters. The minimum atomic E-state index is -0.841. The second kappa shape index (κ2) is 9.75. The molecular formula is C19H16Cl2N2O4. The summed E-state index contributed by atoms with van der Waals surface area (Å²) in [7, 11) is 0. The number of hydrogen-bond donors (Lipinski definition) is 2. The van der Waals surface area contributed by atoms with Crippen LogP contribution in [0.3, 0.4) is 0 Å². The number of ether oxygens (including phenoxy) is 1. The minimum absolute atomic E-state index is 0.0778. The van der Waals surface area contributed by atoms with Gasteiger partial charge in [-0.05, 0) is 29.8 Å². The molecule has 0 aliphatic heterocycles.